The number of benzene rings is 2. The van der Waals surface area contributed by atoms with Gasteiger partial charge in [0.1, 0.15) is 5.82 Å². The van der Waals surface area contributed by atoms with Crippen LogP contribution in [0.4, 0.5) is 4.39 Å². The van der Waals surface area contributed by atoms with Gasteiger partial charge in [0.25, 0.3) is 0 Å². The van der Waals surface area contributed by atoms with E-state index in [4.69, 9.17) is 14.2 Å². The van der Waals surface area contributed by atoms with Crippen LogP contribution in [0.15, 0.2) is 66.7 Å². The third-order valence-corrected chi connectivity index (χ3v) is 7.69. The highest BCUT2D eigenvalue weighted by atomic mass is 19.1. The number of carbonyl (C=O) groups is 1. The fourth-order valence-electron chi connectivity index (χ4n) is 5.83. The molecule has 4 nitrogen and oxygen atoms in total. The highest BCUT2D eigenvalue weighted by Crippen LogP contribution is 2.56. The summed E-state index contributed by atoms with van der Waals surface area (Å²) in [5.41, 5.74) is 2.40. The Balaban J connectivity index is 1.37. The Morgan fingerprint density at radius 1 is 1.11 bits per heavy atom. The molecule has 0 aromatic heterocycles. The van der Waals surface area contributed by atoms with Gasteiger partial charge in [0.2, 0.25) is 0 Å². The lowest BCUT2D eigenvalue weighted by molar-refractivity contribution is -0.140. The van der Waals surface area contributed by atoms with Gasteiger partial charge in [-0.25, -0.2) is 4.39 Å². The van der Waals surface area contributed by atoms with Crippen molar-refractivity contribution in [1.29, 1.82) is 0 Å². The molecule has 1 saturated heterocycles. The molecule has 0 amide bonds. The first-order valence-electron chi connectivity index (χ1n) is 12.8. The molecule has 0 N–H and O–H groups in total. The van der Waals surface area contributed by atoms with Gasteiger partial charge < -0.3 is 14.2 Å². The van der Waals surface area contributed by atoms with Crippen molar-refractivity contribution in [3.8, 4) is 0 Å². The molecule has 1 aliphatic carbocycles. The van der Waals surface area contributed by atoms with Crippen molar-refractivity contribution < 1.29 is 23.4 Å². The standard InChI is InChI=1S/C30H37FO4/c1-33-29(32)14-8-3-2-7-13-27-26(21-34-19-9-12-23-10-5-4-6-11-23)28-20-30(27,22-35-28)24-15-17-25(31)18-16-24/h2,4-7,10-11,15-18,26-28H,3,8-9,12-14,19-22H2,1H3/b7-2-/t26-,27-,28-,30-/m0/s1. The molecule has 4 atom stereocenters. The van der Waals surface area contributed by atoms with Crippen LogP contribution >= 0.6 is 0 Å². The Morgan fingerprint density at radius 2 is 1.91 bits per heavy atom. The van der Waals surface area contributed by atoms with Gasteiger partial charge in [-0.2, -0.15) is 0 Å². The average Bonchev–Trinajstić information content (AvgIpc) is 3.45. The van der Waals surface area contributed by atoms with E-state index >= 15 is 0 Å². The zero-order valence-corrected chi connectivity index (χ0v) is 20.7. The highest BCUT2D eigenvalue weighted by Gasteiger charge is 2.59. The van der Waals surface area contributed by atoms with Crippen LogP contribution in [0, 0.1) is 17.7 Å². The van der Waals surface area contributed by atoms with Crippen LogP contribution in [-0.4, -0.2) is 39.0 Å². The zero-order chi connectivity index (χ0) is 24.5. The summed E-state index contributed by atoms with van der Waals surface area (Å²) >= 11 is 0. The summed E-state index contributed by atoms with van der Waals surface area (Å²) in [4.78, 5) is 11.3. The predicted octanol–water partition coefficient (Wildman–Crippen LogP) is 6.04. The molecule has 4 rings (SSSR count). The van der Waals surface area contributed by atoms with Crippen LogP contribution in [0.3, 0.4) is 0 Å². The maximum atomic E-state index is 13.7. The van der Waals surface area contributed by atoms with Crippen molar-refractivity contribution in [1.82, 2.24) is 0 Å². The second-order valence-corrected chi connectivity index (χ2v) is 9.83. The van der Waals surface area contributed by atoms with E-state index in [1.54, 1.807) is 12.1 Å². The first-order valence-corrected chi connectivity index (χ1v) is 12.8. The Labute approximate surface area is 208 Å². The number of unbranched alkanes of at least 4 members (excludes halogenated alkanes) is 1. The van der Waals surface area contributed by atoms with Crippen molar-refractivity contribution in [3.05, 3.63) is 83.7 Å². The molecular formula is C30H37FO4. The summed E-state index contributed by atoms with van der Waals surface area (Å²) in [5, 5.41) is 0. The number of methoxy groups -OCH3 is 1. The number of hydrogen-bond donors (Lipinski definition) is 0. The average molecular weight is 481 g/mol. The molecule has 1 aliphatic heterocycles. The summed E-state index contributed by atoms with van der Waals surface area (Å²) < 4.78 is 30.8. The monoisotopic (exact) mass is 480 g/mol. The molecule has 35 heavy (non-hydrogen) atoms. The number of rotatable bonds is 13. The highest BCUT2D eigenvalue weighted by molar-refractivity contribution is 5.69. The summed E-state index contributed by atoms with van der Waals surface area (Å²) in [6.45, 7) is 2.09. The van der Waals surface area contributed by atoms with E-state index < -0.39 is 0 Å². The molecule has 0 unspecified atom stereocenters. The number of ether oxygens (including phenoxy) is 3. The first-order chi connectivity index (χ1) is 17.1. The lowest BCUT2D eigenvalue weighted by Crippen LogP contribution is -2.41. The van der Waals surface area contributed by atoms with Crippen LogP contribution in [-0.2, 0) is 30.8 Å². The normalized spacial score (nSPS) is 25.4. The van der Waals surface area contributed by atoms with Gasteiger partial charge in [-0.05, 0) is 67.7 Å². The number of aryl methyl sites for hydroxylation is 1. The number of allylic oxidation sites excluding steroid dienone is 2. The SMILES string of the molecule is COC(=O)CCC/C=C\C[C@H]1[C@H](COCCCc2ccccc2)[C@@H]2C[C@@]1(c1ccc(F)cc1)CO2. The smallest absolute Gasteiger partial charge is 0.305 e. The van der Waals surface area contributed by atoms with Gasteiger partial charge >= 0.3 is 5.97 Å². The van der Waals surface area contributed by atoms with Crippen molar-refractivity contribution in [3.63, 3.8) is 0 Å². The van der Waals surface area contributed by atoms with Crippen molar-refractivity contribution in [2.75, 3.05) is 26.9 Å². The Kier molecular flexibility index (Phi) is 9.11. The molecule has 2 aliphatic rings. The van der Waals surface area contributed by atoms with Crippen LogP contribution < -0.4 is 0 Å². The molecule has 2 bridgehead atoms. The largest absolute Gasteiger partial charge is 0.469 e. The van der Waals surface area contributed by atoms with Crippen molar-refractivity contribution >= 4 is 5.97 Å². The summed E-state index contributed by atoms with van der Waals surface area (Å²) in [5.74, 6) is 0.310. The molecule has 1 saturated carbocycles. The molecule has 188 valence electrons. The second kappa shape index (κ2) is 12.5. The topological polar surface area (TPSA) is 44.8 Å². The Morgan fingerprint density at radius 3 is 2.69 bits per heavy atom. The molecule has 0 radical (unpaired) electrons. The minimum absolute atomic E-state index is 0.104. The van der Waals surface area contributed by atoms with Gasteiger partial charge in [0.15, 0.2) is 0 Å². The van der Waals surface area contributed by atoms with E-state index in [1.165, 1.54) is 12.7 Å². The first kappa shape index (κ1) is 25.6. The maximum Gasteiger partial charge on any atom is 0.305 e. The van der Waals surface area contributed by atoms with E-state index in [-0.39, 0.29) is 23.3 Å². The van der Waals surface area contributed by atoms with Crippen LogP contribution in [0.2, 0.25) is 0 Å². The molecule has 2 aromatic carbocycles. The van der Waals surface area contributed by atoms with Crippen LogP contribution in [0.5, 0.6) is 0 Å². The number of hydrogen-bond acceptors (Lipinski definition) is 4. The van der Waals surface area contributed by atoms with Crippen molar-refractivity contribution in [2.24, 2.45) is 11.8 Å². The third-order valence-electron chi connectivity index (χ3n) is 7.69. The van der Waals surface area contributed by atoms with Crippen LogP contribution in [0.25, 0.3) is 0 Å². The van der Waals surface area contributed by atoms with E-state index in [1.807, 2.05) is 18.2 Å². The fraction of sp³-hybridized carbons (Fsp3) is 0.500. The Bertz CT molecular complexity index is 958. The van der Waals surface area contributed by atoms with Crippen molar-refractivity contribution in [2.45, 2.75) is 56.5 Å². The molecule has 2 fully saturated rings. The molecular weight excluding hydrogens is 443 g/mol. The molecule has 2 aromatic rings. The summed E-state index contributed by atoms with van der Waals surface area (Å²) in [7, 11) is 1.42. The predicted molar refractivity (Wildman–Crippen MR) is 135 cm³/mol. The zero-order valence-electron chi connectivity index (χ0n) is 20.7. The van der Waals surface area contributed by atoms with Gasteiger partial charge in [-0.15, -0.1) is 0 Å². The van der Waals surface area contributed by atoms with Gasteiger partial charge in [-0.1, -0.05) is 54.6 Å². The van der Waals surface area contributed by atoms with E-state index in [9.17, 15) is 9.18 Å². The fourth-order valence-corrected chi connectivity index (χ4v) is 5.83. The van der Waals surface area contributed by atoms with Gasteiger partial charge in [0, 0.05) is 24.4 Å². The van der Waals surface area contributed by atoms with Crippen LogP contribution in [0.1, 0.15) is 49.7 Å². The summed E-state index contributed by atoms with van der Waals surface area (Å²) in [6, 6.07) is 17.5. The number of halogens is 1. The minimum atomic E-state index is -0.209. The molecule has 0 spiro atoms. The van der Waals surface area contributed by atoms with Gasteiger partial charge in [0.05, 0.1) is 26.4 Å². The number of esters is 1. The second-order valence-electron chi connectivity index (χ2n) is 9.83. The van der Waals surface area contributed by atoms with E-state index in [2.05, 4.69) is 36.4 Å². The van der Waals surface area contributed by atoms with E-state index in [0.29, 0.717) is 31.5 Å². The number of fused-ring (bicyclic) bond motifs is 2. The van der Waals surface area contributed by atoms with E-state index in [0.717, 1.165) is 50.7 Å². The Hall–Kier alpha value is -2.50. The quantitative estimate of drug-likeness (QED) is 0.199. The van der Waals surface area contributed by atoms with Gasteiger partial charge in [-0.3, -0.25) is 4.79 Å². The summed E-state index contributed by atoms with van der Waals surface area (Å²) in [6.07, 6.45) is 10.6. The molecule has 1 heterocycles. The maximum absolute atomic E-state index is 13.7. The third kappa shape index (κ3) is 6.39. The minimum Gasteiger partial charge on any atom is -0.469 e. The lowest BCUT2D eigenvalue weighted by atomic mass is 9.69. The number of carbonyl (C=O) groups excluding carboxylic acids is 1. The lowest BCUT2D eigenvalue weighted by Gasteiger charge is -2.39. The molecule has 5 heteroatoms.